The molecule has 0 aromatic heterocycles. The summed E-state index contributed by atoms with van der Waals surface area (Å²) < 4.78 is 28.4. The van der Waals surface area contributed by atoms with E-state index in [0.717, 1.165) is 44.9 Å². The first-order chi connectivity index (χ1) is 8.58. The SMILES string of the molecule is CC1CCCCN1S(=O)(=O)NCCCCCCO. The second-order valence-electron chi connectivity index (χ2n) is 4.99. The van der Waals surface area contributed by atoms with Gasteiger partial charge in [-0.15, -0.1) is 0 Å². The van der Waals surface area contributed by atoms with E-state index in [1.165, 1.54) is 0 Å². The Kier molecular flexibility index (Phi) is 7.14. The number of hydrogen-bond donors (Lipinski definition) is 2. The minimum atomic E-state index is -3.29. The van der Waals surface area contributed by atoms with Crippen LogP contribution in [0.25, 0.3) is 0 Å². The summed E-state index contributed by atoms with van der Waals surface area (Å²) in [4.78, 5) is 0. The van der Waals surface area contributed by atoms with Gasteiger partial charge in [0, 0.05) is 25.7 Å². The number of aliphatic hydroxyl groups is 1. The highest BCUT2D eigenvalue weighted by Crippen LogP contribution is 2.18. The Morgan fingerprint density at radius 3 is 2.61 bits per heavy atom. The summed E-state index contributed by atoms with van der Waals surface area (Å²) in [6.07, 6.45) is 6.59. The van der Waals surface area contributed by atoms with E-state index in [2.05, 4.69) is 4.72 Å². The monoisotopic (exact) mass is 278 g/mol. The zero-order chi connectivity index (χ0) is 13.4. The third-order valence-electron chi connectivity index (χ3n) is 3.42. The van der Waals surface area contributed by atoms with Gasteiger partial charge in [-0.05, 0) is 32.6 Å². The molecule has 1 saturated heterocycles. The predicted octanol–water partition coefficient (Wildman–Crippen LogP) is 1.25. The number of unbranched alkanes of at least 4 members (excludes halogenated alkanes) is 3. The Morgan fingerprint density at radius 2 is 1.94 bits per heavy atom. The van der Waals surface area contributed by atoms with Gasteiger partial charge in [-0.25, -0.2) is 4.72 Å². The molecule has 0 aromatic carbocycles. The maximum Gasteiger partial charge on any atom is 0.279 e. The number of nitrogens with zero attached hydrogens (tertiary/aromatic N) is 1. The molecule has 1 rings (SSSR count). The average Bonchev–Trinajstić information content (AvgIpc) is 2.34. The standard InChI is InChI=1S/C12H26N2O3S/c1-12-8-4-6-10-14(12)18(16,17)13-9-5-2-3-7-11-15/h12-13,15H,2-11H2,1H3. The number of nitrogens with one attached hydrogen (secondary N) is 1. The van der Waals surface area contributed by atoms with Gasteiger partial charge < -0.3 is 5.11 Å². The lowest BCUT2D eigenvalue weighted by Gasteiger charge is -2.32. The molecule has 0 aliphatic carbocycles. The molecular formula is C12H26N2O3S. The lowest BCUT2D eigenvalue weighted by atomic mass is 10.1. The molecule has 1 aliphatic heterocycles. The Balaban J connectivity index is 2.26. The predicted molar refractivity (Wildman–Crippen MR) is 72.5 cm³/mol. The number of hydrogen-bond acceptors (Lipinski definition) is 3. The minimum Gasteiger partial charge on any atom is -0.396 e. The molecule has 1 fully saturated rings. The molecule has 0 amide bonds. The number of piperidine rings is 1. The van der Waals surface area contributed by atoms with Crippen molar-refractivity contribution in [2.45, 2.75) is 57.9 Å². The molecule has 1 aliphatic rings. The molecule has 6 heteroatoms. The van der Waals surface area contributed by atoms with E-state index in [4.69, 9.17) is 5.11 Å². The normalized spacial score (nSPS) is 22.2. The van der Waals surface area contributed by atoms with Crippen molar-refractivity contribution in [3.63, 3.8) is 0 Å². The fraction of sp³-hybridized carbons (Fsp3) is 1.00. The molecule has 5 nitrogen and oxygen atoms in total. The van der Waals surface area contributed by atoms with E-state index in [0.29, 0.717) is 13.1 Å². The van der Waals surface area contributed by atoms with Crippen molar-refractivity contribution >= 4 is 10.2 Å². The highest BCUT2D eigenvalue weighted by atomic mass is 32.2. The minimum absolute atomic E-state index is 0.116. The van der Waals surface area contributed by atoms with E-state index < -0.39 is 10.2 Å². The molecule has 0 bridgehead atoms. The van der Waals surface area contributed by atoms with Crippen molar-refractivity contribution in [1.29, 1.82) is 0 Å². The second-order valence-corrected chi connectivity index (χ2v) is 6.70. The highest BCUT2D eigenvalue weighted by Gasteiger charge is 2.28. The first-order valence-corrected chi connectivity index (χ1v) is 8.39. The van der Waals surface area contributed by atoms with Gasteiger partial charge in [0.1, 0.15) is 0 Å². The van der Waals surface area contributed by atoms with Gasteiger partial charge in [-0.3, -0.25) is 0 Å². The molecule has 18 heavy (non-hydrogen) atoms. The van der Waals surface area contributed by atoms with E-state index >= 15 is 0 Å². The molecule has 0 spiro atoms. The summed E-state index contributed by atoms with van der Waals surface area (Å²) in [5.74, 6) is 0. The summed E-state index contributed by atoms with van der Waals surface area (Å²) >= 11 is 0. The summed E-state index contributed by atoms with van der Waals surface area (Å²) in [5.41, 5.74) is 0. The van der Waals surface area contributed by atoms with Gasteiger partial charge in [0.2, 0.25) is 0 Å². The second kappa shape index (κ2) is 8.09. The molecule has 1 heterocycles. The van der Waals surface area contributed by atoms with Gasteiger partial charge in [0.15, 0.2) is 0 Å². The van der Waals surface area contributed by atoms with Crippen molar-refractivity contribution in [1.82, 2.24) is 9.03 Å². The van der Waals surface area contributed by atoms with Crippen molar-refractivity contribution in [2.24, 2.45) is 0 Å². The molecular weight excluding hydrogens is 252 g/mol. The molecule has 0 aromatic rings. The Bertz CT molecular complexity index is 319. The largest absolute Gasteiger partial charge is 0.396 e. The van der Waals surface area contributed by atoms with Gasteiger partial charge in [0.25, 0.3) is 10.2 Å². The topological polar surface area (TPSA) is 69.6 Å². The fourth-order valence-corrected chi connectivity index (χ4v) is 3.82. The lowest BCUT2D eigenvalue weighted by Crippen LogP contribution is -2.48. The van der Waals surface area contributed by atoms with Crippen LogP contribution in [0.2, 0.25) is 0 Å². The average molecular weight is 278 g/mol. The van der Waals surface area contributed by atoms with Crippen LogP contribution >= 0.6 is 0 Å². The Morgan fingerprint density at radius 1 is 1.22 bits per heavy atom. The summed E-state index contributed by atoms with van der Waals surface area (Å²) in [7, 11) is -3.29. The van der Waals surface area contributed by atoms with Crippen LogP contribution in [0.3, 0.4) is 0 Å². The van der Waals surface area contributed by atoms with E-state index in [1.54, 1.807) is 4.31 Å². The van der Waals surface area contributed by atoms with Crippen LogP contribution in [0.4, 0.5) is 0 Å². The van der Waals surface area contributed by atoms with Crippen LogP contribution in [-0.4, -0.2) is 43.6 Å². The molecule has 1 atom stereocenters. The smallest absolute Gasteiger partial charge is 0.279 e. The van der Waals surface area contributed by atoms with Gasteiger partial charge in [-0.2, -0.15) is 12.7 Å². The zero-order valence-corrected chi connectivity index (χ0v) is 12.1. The Labute approximate surface area is 111 Å². The maximum atomic E-state index is 12.1. The van der Waals surface area contributed by atoms with Crippen LogP contribution in [-0.2, 0) is 10.2 Å². The summed E-state index contributed by atoms with van der Waals surface area (Å²) in [6, 6.07) is 0.116. The van der Waals surface area contributed by atoms with Crippen molar-refractivity contribution in [3.8, 4) is 0 Å². The van der Waals surface area contributed by atoms with E-state index in [9.17, 15) is 8.42 Å². The van der Waals surface area contributed by atoms with Crippen LogP contribution in [0.5, 0.6) is 0 Å². The molecule has 1 unspecified atom stereocenters. The van der Waals surface area contributed by atoms with Crippen molar-refractivity contribution in [3.05, 3.63) is 0 Å². The first kappa shape index (κ1) is 15.9. The first-order valence-electron chi connectivity index (χ1n) is 6.95. The molecule has 2 N–H and O–H groups in total. The van der Waals surface area contributed by atoms with Gasteiger partial charge in [0.05, 0.1) is 0 Å². The maximum absolute atomic E-state index is 12.1. The number of rotatable bonds is 8. The van der Waals surface area contributed by atoms with Crippen LogP contribution in [0, 0.1) is 0 Å². The molecule has 0 saturated carbocycles. The molecule has 108 valence electrons. The number of aliphatic hydroxyl groups excluding tert-OH is 1. The molecule has 0 radical (unpaired) electrons. The van der Waals surface area contributed by atoms with Crippen LogP contribution < -0.4 is 4.72 Å². The van der Waals surface area contributed by atoms with Crippen LogP contribution in [0.1, 0.15) is 51.9 Å². The third-order valence-corrected chi connectivity index (χ3v) is 5.15. The lowest BCUT2D eigenvalue weighted by molar-refractivity contribution is 0.265. The van der Waals surface area contributed by atoms with E-state index in [-0.39, 0.29) is 12.6 Å². The Hall–Kier alpha value is -0.170. The highest BCUT2D eigenvalue weighted by molar-refractivity contribution is 7.87. The van der Waals surface area contributed by atoms with Crippen LogP contribution in [0.15, 0.2) is 0 Å². The summed E-state index contributed by atoms with van der Waals surface area (Å²) in [6.45, 7) is 3.33. The quantitative estimate of drug-likeness (QED) is 0.657. The van der Waals surface area contributed by atoms with Gasteiger partial charge >= 0.3 is 0 Å². The fourth-order valence-electron chi connectivity index (χ4n) is 2.30. The van der Waals surface area contributed by atoms with E-state index in [1.807, 2.05) is 6.92 Å². The zero-order valence-electron chi connectivity index (χ0n) is 11.3. The van der Waals surface area contributed by atoms with Crippen molar-refractivity contribution < 1.29 is 13.5 Å². The third kappa shape index (κ3) is 5.22. The van der Waals surface area contributed by atoms with Crippen molar-refractivity contribution in [2.75, 3.05) is 19.7 Å². The van der Waals surface area contributed by atoms with Gasteiger partial charge in [-0.1, -0.05) is 19.3 Å². The summed E-state index contributed by atoms with van der Waals surface area (Å²) in [5, 5.41) is 8.63.